The number of rotatable bonds is 8. The molecule has 0 aliphatic heterocycles. The third kappa shape index (κ3) is 5.88. The Hall–Kier alpha value is -3.24. The number of benzene rings is 2. The van der Waals surface area contributed by atoms with Crippen LogP contribution in [-0.2, 0) is 0 Å². The fraction of sp³-hybridized carbons (Fsp3) is 0.385. The van der Waals surface area contributed by atoms with E-state index < -0.39 is 0 Å². The van der Waals surface area contributed by atoms with Gasteiger partial charge in [-0.1, -0.05) is 43.5 Å². The molecular formula is C26H31N3O. The van der Waals surface area contributed by atoms with Crippen molar-refractivity contribution >= 4 is 11.8 Å². The fourth-order valence-electron chi connectivity index (χ4n) is 4.04. The standard InChI is InChI=1S/C26H29N3O.H2/c1-4-29(24-14-10-21(11-15-24)20-26(27-2)28-3)18-19-30-25-16-12-23(13-17-25)22-8-6-5-7-9-22;/h10-17,20,22H,4-9,18-19H2,1H3;1H. The second kappa shape index (κ2) is 11.1. The summed E-state index contributed by atoms with van der Waals surface area (Å²) in [5.41, 5.74) is 3.43. The molecule has 1 saturated carbocycles. The first-order chi connectivity index (χ1) is 14.7. The molecule has 4 heteroatoms. The molecule has 0 bridgehead atoms. The zero-order valence-corrected chi connectivity index (χ0v) is 17.7. The highest BCUT2D eigenvalue weighted by Crippen LogP contribution is 2.33. The Kier molecular flexibility index (Phi) is 7.93. The third-order valence-corrected chi connectivity index (χ3v) is 5.75. The summed E-state index contributed by atoms with van der Waals surface area (Å²) >= 11 is 0. The van der Waals surface area contributed by atoms with Crippen molar-refractivity contribution in [3.63, 3.8) is 0 Å². The highest BCUT2D eigenvalue weighted by molar-refractivity contribution is 5.60. The molecule has 0 unspecified atom stereocenters. The summed E-state index contributed by atoms with van der Waals surface area (Å²) < 4.78 is 5.99. The number of ether oxygens (including phenoxy) is 1. The Balaban J connectivity index is 0.00000341. The summed E-state index contributed by atoms with van der Waals surface area (Å²) in [5, 5.41) is 0. The SMILES string of the molecule is [C-]#[N+]C(=Cc1ccc(N(CC)CCOc2ccc(C3CCCCC3)cc2)cc1)[N+]#[C-].[HH]. The summed E-state index contributed by atoms with van der Waals surface area (Å²) in [7, 11) is 0. The smallest absolute Gasteiger partial charge is 0.492 e. The van der Waals surface area contributed by atoms with Gasteiger partial charge in [0.05, 0.1) is 6.54 Å². The van der Waals surface area contributed by atoms with Gasteiger partial charge < -0.3 is 9.64 Å². The van der Waals surface area contributed by atoms with E-state index in [9.17, 15) is 0 Å². The maximum absolute atomic E-state index is 6.98. The molecule has 2 aromatic rings. The van der Waals surface area contributed by atoms with Crippen LogP contribution in [0.3, 0.4) is 0 Å². The molecule has 3 rings (SSSR count). The molecule has 0 heterocycles. The van der Waals surface area contributed by atoms with Gasteiger partial charge in [-0.15, -0.1) is 0 Å². The first kappa shape index (κ1) is 21.5. The van der Waals surface area contributed by atoms with E-state index in [0.717, 1.165) is 36.0 Å². The Bertz CT molecular complexity index is 901. The summed E-state index contributed by atoms with van der Waals surface area (Å²) in [6, 6.07) is 16.6. The Labute approximate surface area is 181 Å². The average Bonchev–Trinajstić information content (AvgIpc) is 2.82. The van der Waals surface area contributed by atoms with Crippen LogP contribution >= 0.6 is 0 Å². The molecule has 1 aliphatic carbocycles. The van der Waals surface area contributed by atoms with Crippen molar-refractivity contribution in [1.82, 2.24) is 0 Å². The van der Waals surface area contributed by atoms with Crippen molar-refractivity contribution in [2.24, 2.45) is 0 Å². The molecule has 0 radical (unpaired) electrons. The Morgan fingerprint density at radius 3 is 2.30 bits per heavy atom. The third-order valence-electron chi connectivity index (χ3n) is 5.75. The van der Waals surface area contributed by atoms with Crippen LogP contribution in [0.2, 0.25) is 0 Å². The topological polar surface area (TPSA) is 21.2 Å². The van der Waals surface area contributed by atoms with Crippen LogP contribution in [-0.4, -0.2) is 19.7 Å². The first-order valence-electron chi connectivity index (χ1n) is 10.8. The van der Waals surface area contributed by atoms with Crippen LogP contribution in [0.25, 0.3) is 15.8 Å². The minimum atomic E-state index is 0. The molecular weight excluding hydrogens is 370 g/mol. The van der Waals surface area contributed by atoms with E-state index >= 15 is 0 Å². The molecule has 4 nitrogen and oxygen atoms in total. The minimum Gasteiger partial charge on any atom is -0.492 e. The molecule has 0 N–H and O–H groups in total. The van der Waals surface area contributed by atoms with Crippen LogP contribution in [0.4, 0.5) is 5.69 Å². The van der Waals surface area contributed by atoms with Gasteiger partial charge in [0.15, 0.2) is 0 Å². The quantitative estimate of drug-likeness (QED) is 0.443. The van der Waals surface area contributed by atoms with Gasteiger partial charge in [0.25, 0.3) is 0 Å². The first-order valence-corrected chi connectivity index (χ1v) is 10.8. The fourth-order valence-corrected chi connectivity index (χ4v) is 4.04. The molecule has 30 heavy (non-hydrogen) atoms. The van der Waals surface area contributed by atoms with E-state index in [0.29, 0.717) is 6.61 Å². The number of anilines is 1. The average molecular weight is 402 g/mol. The summed E-state index contributed by atoms with van der Waals surface area (Å²) in [6.07, 6.45) is 8.34. The lowest BCUT2D eigenvalue weighted by Crippen LogP contribution is -2.28. The molecule has 156 valence electrons. The maximum Gasteiger partial charge on any atom is 0.519 e. The zero-order valence-electron chi connectivity index (χ0n) is 17.7. The number of hydrogen-bond donors (Lipinski definition) is 0. The van der Waals surface area contributed by atoms with Gasteiger partial charge in [0, 0.05) is 19.7 Å². The second-order valence-electron chi connectivity index (χ2n) is 7.65. The predicted octanol–water partition coefficient (Wildman–Crippen LogP) is 7.02. The van der Waals surface area contributed by atoms with Crippen molar-refractivity contribution in [3.8, 4) is 5.75 Å². The van der Waals surface area contributed by atoms with Crippen LogP contribution < -0.4 is 9.64 Å². The van der Waals surface area contributed by atoms with Gasteiger partial charge in [-0.05, 0) is 61.1 Å². The van der Waals surface area contributed by atoms with E-state index in [2.05, 4.69) is 45.8 Å². The molecule has 0 amide bonds. The van der Waals surface area contributed by atoms with Gasteiger partial charge in [-0.25, -0.2) is 0 Å². The van der Waals surface area contributed by atoms with Gasteiger partial charge in [0.1, 0.15) is 25.5 Å². The van der Waals surface area contributed by atoms with E-state index in [1.807, 2.05) is 24.3 Å². The predicted molar refractivity (Wildman–Crippen MR) is 125 cm³/mol. The molecule has 0 spiro atoms. The van der Waals surface area contributed by atoms with Crippen molar-refractivity contribution in [2.75, 3.05) is 24.6 Å². The molecule has 2 aromatic carbocycles. The van der Waals surface area contributed by atoms with Crippen molar-refractivity contribution in [3.05, 3.63) is 88.3 Å². The lowest BCUT2D eigenvalue weighted by Gasteiger charge is -2.24. The van der Waals surface area contributed by atoms with Crippen molar-refractivity contribution in [1.29, 1.82) is 0 Å². The maximum atomic E-state index is 6.98. The zero-order chi connectivity index (χ0) is 21.2. The minimum absolute atomic E-state index is 0. The normalized spacial score (nSPS) is 13.7. The molecule has 0 aromatic heterocycles. The largest absolute Gasteiger partial charge is 0.519 e. The van der Waals surface area contributed by atoms with E-state index in [-0.39, 0.29) is 7.25 Å². The monoisotopic (exact) mass is 401 g/mol. The number of likely N-dealkylation sites (N-methyl/N-ethyl adjacent to an activating group) is 1. The van der Waals surface area contributed by atoms with Gasteiger partial charge in [-0.3, -0.25) is 0 Å². The molecule has 1 fully saturated rings. The van der Waals surface area contributed by atoms with E-state index in [1.54, 1.807) is 6.08 Å². The second-order valence-corrected chi connectivity index (χ2v) is 7.65. The molecule has 1 aliphatic rings. The van der Waals surface area contributed by atoms with Crippen molar-refractivity contribution in [2.45, 2.75) is 44.9 Å². The summed E-state index contributed by atoms with van der Waals surface area (Å²) in [6.45, 7) is 18.4. The van der Waals surface area contributed by atoms with Crippen LogP contribution in [0.5, 0.6) is 5.75 Å². The van der Waals surface area contributed by atoms with Crippen LogP contribution in [0, 0.1) is 13.1 Å². The van der Waals surface area contributed by atoms with Gasteiger partial charge in [-0.2, -0.15) is 9.69 Å². The van der Waals surface area contributed by atoms with Gasteiger partial charge in [0.2, 0.25) is 0 Å². The number of nitrogens with zero attached hydrogens (tertiary/aromatic N) is 3. The van der Waals surface area contributed by atoms with Crippen LogP contribution in [0.1, 0.15) is 57.5 Å². The Morgan fingerprint density at radius 1 is 1.03 bits per heavy atom. The van der Waals surface area contributed by atoms with Crippen LogP contribution in [0.15, 0.2) is 54.4 Å². The van der Waals surface area contributed by atoms with Gasteiger partial charge >= 0.3 is 5.82 Å². The molecule has 0 atom stereocenters. The van der Waals surface area contributed by atoms with E-state index in [4.69, 9.17) is 17.9 Å². The molecule has 0 saturated heterocycles. The summed E-state index contributed by atoms with van der Waals surface area (Å²) in [4.78, 5) is 8.67. The lowest BCUT2D eigenvalue weighted by molar-refractivity contribution is 0.324. The highest BCUT2D eigenvalue weighted by atomic mass is 16.5. The van der Waals surface area contributed by atoms with E-state index in [1.165, 1.54) is 37.7 Å². The number of hydrogen-bond acceptors (Lipinski definition) is 2. The Morgan fingerprint density at radius 2 is 1.70 bits per heavy atom. The van der Waals surface area contributed by atoms with Crippen molar-refractivity contribution < 1.29 is 6.16 Å². The lowest BCUT2D eigenvalue weighted by atomic mass is 9.84. The summed E-state index contributed by atoms with van der Waals surface area (Å²) in [5.74, 6) is 1.73. The highest BCUT2D eigenvalue weighted by Gasteiger charge is 2.15.